The molecule has 0 aliphatic heterocycles. The van der Waals surface area contributed by atoms with Crippen molar-refractivity contribution in [1.82, 2.24) is 25.3 Å². The van der Waals surface area contributed by atoms with Gasteiger partial charge < -0.3 is 5.73 Å². The van der Waals surface area contributed by atoms with Crippen molar-refractivity contribution < 1.29 is 8.42 Å². The van der Waals surface area contributed by atoms with Crippen LogP contribution in [0.3, 0.4) is 0 Å². The fourth-order valence-corrected chi connectivity index (χ4v) is 3.36. The largest absolute Gasteiger partial charge is 0.399 e. The highest BCUT2D eigenvalue weighted by molar-refractivity contribution is 7.89. The van der Waals surface area contributed by atoms with E-state index in [-0.39, 0.29) is 10.7 Å². The molecule has 1 aromatic carbocycles. The molecule has 0 saturated carbocycles. The van der Waals surface area contributed by atoms with Crippen LogP contribution in [-0.4, -0.2) is 29.0 Å². The third-order valence-electron chi connectivity index (χ3n) is 2.84. The molecule has 108 valence electrons. The van der Waals surface area contributed by atoms with Crippen molar-refractivity contribution >= 4 is 15.7 Å². The number of anilines is 1. The Kier molecular flexibility index (Phi) is 4.00. The Bertz CT molecular complexity index is 683. The molecule has 0 amide bonds. The zero-order chi connectivity index (χ0) is 14.8. The summed E-state index contributed by atoms with van der Waals surface area (Å²) in [4.78, 5) is 0.176. The molecule has 1 aromatic heterocycles. The van der Waals surface area contributed by atoms with Crippen molar-refractivity contribution in [2.24, 2.45) is 0 Å². The molecule has 1 heterocycles. The van der Waals surface area contributed by atoms with Crippen molar-refractivity contribution in [3.05, 3.63) is 29.6 Å². The topological polar surface area (TPSA) is 127 Å². The van der Waals surface area contributed by atoms with Crippen molar-refractivity contribution in [2.45, 2.75) is 31.2 Å². The molecule has 2 aromatic rings. The smallest absolute Gasteiger partial charge is 0.241 e. The number of rotatable bonds is 5. The number of sulfonamides is 1. The maximum absolute atomic E-state index is 12.4. The van der Waals surface area contributed by atoms with E-state index in [4.69, 9.17) is 5.73 Å². The summed E-state index contributed by atoms with van der Waals surface area (Å²) in [5.41, 5.74) is 6.77. The van der Waals surface area contributed by atoms with Crippen LogP contribution >= 0.6 is 0 Å². The van der Waals surface area contributed by atoms with Crippen LogP contribution in [0.1, 0.15) is 31.3 Å². The van der Waals surface area contributed by atoms with Crippen LogP contribution in [0, 0.1) is 0 Å². The summed E-state index contributed by atoms with van der Waals surface area (Å²) in [6, 6.07) is 4.25. The molecule has 0 spiro atoms. The average molecular weight is 296 g/mol. The van der Waals surface area contributed by atoms with Crippen molar-refractivity contribution in [1.29, 1.82) is 0 Å². The Labute approximate surface area is 116 Å². The van der Waals surface area contributed by atoms with Crippen molar-refractivity contribution in [2.75, 3.05) is 5.73 Å². The normalized spacial score (nSPS) is 13.3. The third kappa shape index (κ3) is 2.94. The Morgan fingerprint density at radius 1 is 1.45 bits per heavy atom. The molecule has 0 aliphatic carbocycles. The summed E-state index contributed by atoms with van der Waals surface area (Å²) in [5, 5.41) is 13.2. The van der Waals surface area contributed by atoms with Crippen LogP contribution in [0.15, 0.2) is 23.1 Å². The van der Waals surface area contributed by atoms with Gasteiger partial charge in [-0.15, -0.1) is 10.2 Å². The minimum atomic E-state index is -3.70. The van der Waals surface area contributed by atoms with Gasteiger partial charge in [-0.05, 0) is 31.0 Å². The van der Waals surface area contributed by atoms with Crippen LogP contribution < -0.4 is 10.5 Å². The lowest BCUT2D eigenvalue weighted by atomic mass is 10.1. The Morgan fingerprint density at radius 2 is 2.20 bits per heavy atom. The second-order valence-electron chi connectivity index (χ2n) is 4.33. The van der Waals surface area contributed by atoms with E-state index in [1.807, 2.05) is 6.92 Å². The van der Waals surface area contributed by atoms with E-state index in [0.29, 0.717) is 17.7 Å². The highest BCUT2D eigenvalue weighted by atomic mass is 32.2. The highest BCUT2D eigenvalue weighted by Crippen LogP contribution is 2.21. The molecule has 8 nitrogen and oxygen atoms in total. The van der Waals surface area contributed by atoms with E-state index in [9.17, 15) is 8.42 Å². The predicted octanol–water partition coefficient (Wildman–Crippen LogP) is 0.384. The molecule has 0 aliphatic rings. The van der Waals surface area contributed by atoms with Crippen LogP contribution in [0.4, 0.5) is 5.69 Å². The van der Waals surface area contributed by atoms with Gasteiger partial charge in [0.15, 0.2) is 5.82 Å². The maximum Gasteiger partial charge on any atom is 0.241 e. The number of nitrogens with zero attached hydrogens (tertiary/aromatic N) is 3. The standard InChI is InChI=1S/C11H16N6O2S/c1-3-8-4-5-9(12)6-10(8)20(18,19)15-7(2)11-13-16-17-14-11/h4-7,15H,3,12H2,1-2H3,(H,13,14,16,17). The number of aromatic nitrogens is 4. The molecule has 0 bridgehead atoms. The SMILES string of the molecule is CCc1ccc(N)cc1S(=O)(=O)NC(C)c1nn[nH]n1. The Morgan fingerprint density at radius 3 is 2.80 bits per heavy atom. The van der Waals surface area contributed by atoms with Gasteiger partial charge in [-0.3, -0.25) is 0 Å². The molecule has 1 unspecified atom stereocenters. The monoisotopic (exact) mass is 296 g/mol. The van der Waals surface area contributed by atoms with Crippen molar-refractivity contribution in [3.8, 4) is 0 Å². The summed E-state index contributed by atoms with van der Waals surface area (Å²) < 4.78 is 27.3. The van der Waals surface area contributed by atoms with Gasteiger partial charge in [0.2, 0.25) is 10.0 Å². The van der Waals surface area contributed by atoms with E-state index in [1.165, 1.54) is 6.07 Å². The number of aryl methyl sites for hydroxylation is 1. The Hall–Kier alpha value is -2.00. The van der Waals surface area contributed by atoms with Crippen molar-refractivity contribution in [3.63, 3.8) is 0 Å². The van der Waals surface area contributed by atoms with E-state index in [1.54, 1.807) is 19.1 Å². The van der Waals surface area contributed by atoms with Gasteiger partial charge in [-0.1, -0.05) is 18.2 Å². The lowest BCUT2D eigenvalue weighted by Crippen LogP contribution is -2.28. The number of tetrazole rings is 1. The first kappa shape index (κ1) is 14.4. The first-order valence-electron chi connectivity index (χ1n) is 6.08. The molecule has 1 atom stereocenters. The van der Waals surface area contributed by atoms with Gasteiger partial charge in [0.05, 0.1) is 10.9 Å². The lowest BCUT2D eigenvalue weighted by molar-refractivity contribution is 0.559. The first-order chi connectivity index (χ1) is 9.44. The van der Waals surface area contributed by atoms with Crippen LogP contribution in [0.2, 0.25) is 0 Å². The van der Waals surface area contributed by atoms with E-state index in [0.717, 1.165) is 0 Å². The van der Waals surface area contributed by atoms with Gasteiger partial charge in [-0.2, -0.15) is 5.21 Å². The number of benzene rings is 1. The minimum absolute atomic E-state index is 0.176. The fourth-order valence-electron chi connectivity index (χ4n) is 1.82. The molecule has 9 heteroatoms. The second kappa shape index (κ2) is 5.55. The lowest BCUT2D eigenvalue weighted by Gasteiger charge is -2.14. The minimum Gasteiger partial charge on any atom is -0.399 e. The second-order valence-corrected chi connectivity index (χ2v) is 6.02. The number of H-pyrrole nitrogens is 1. The molecule has 4 N–H and O–H groups in total. The highest BCUT2D eigenvalue weighted by Gasteiger charge is 2.23. The molecule has 0 saturated heterocycles. The zero-order valence-electron chi connectivity index (χ0n) is 11.2. The van der Waals surface area contributed by atoms with E-state index < -0.39 is 16.1 Å². The third-order valence-corrected chi connectivity index (χ3v) is 4.47. The average Bonchev–Trinajstić information content (AvgIpc) is 2.92. The van der Waals surface area contributed by atoms with Gasteiger partial charge >= 0.3 is 0 Å². The summed E-state index contributed by atoms with van der Waals surface area (Å²) in [6.07, 6.45) is 0.590. The fraction of sp³-hybridized carbons (Fsp3) is 0.364. The summed E-state index contributed by atoms with van der Waals surface area (Å²) >= 11 is 0. The number of nitrogen functional groups attached to an aromatic ring is 1. The summed E-state index contributed by atoms with van der Waals surface area (Å²) in [6.45, 7) is 3.52. The molecule has 0 fully saturated rings. The summed E-state index contributed by atoms with van der Waals surface area (Å²) in [5.74, 6) is 0.274. The van der Waals surface area contributed by atoms with Gasteiger partial charge in [0, 0.05) is 5.69 Å². The molecular weight excluding hydrogens is 280 g/mol. The number of hydrogen-bond acceptors (Lipinski definition) is 6. The molecular formula is C11H16N6O2S. The molecule has 20 heavy (non-hydrogen) atoms. The van der Waals surface area contributed by atoms with Crippen LogP contribution in [-0.2, 0) is 16.4 Å². The number of aromatic amines is 1. The Balaban J connectivity index is 2.33. The van der Waals surface area contributed by atoms with Gasteiger partial charge in [-0.25, -0.2) is 13.1 Å². The first-order valence-corrected chi connectivity index (χ1v) is 7.56. The van der Waals surface area contributed by atoms with E-state index in [2.05, 4.69) is 25.3 Å². The van der Waals surface area contributed by atoms with Crippen LogP contribution in [0.5, 0.6) is 0 Å². The quantitative estimate of drug-likeness (QED) is 0.685. The zero-order valence-corrected chi connectivity index (χ0v) is 12.0. The van der Waals surface area contributed by atoms with Gasteiger partial charge in [0.25, 0.3) is 0 Å². The predicted molar refractivity (Wildman–Crippen MR) is 73.1 cm³/mol. The number of nitrogens with one attached hydrogen (secondary N) is 2. The maximum atomic E-state index is 12.4. The van der Waals surface area contributed by atoms with Gasteiger partial charge in [0.1, 0.15) is 0 Å². The van der Waals surface area contributed by atoms with E-state index >= 15 is 0 Å². The van der Waals surface area contributed by atoms with Crippen LogP contribution in [0.25, 0.3) is 0 Å². The molecule has 0 radical (unpaired) electrons. The number of hydrogen-bond donors (Lipinski definition) is 3. The summed E-state index contributed by atoms with van der Waals surface area (Å²) in [7, 11) is -3.70. The number of nitrogens with two attached hydrogens (primary N) is 1. The molecule has 2 rings (SSSR count).